The molecule has 1 aliphatic rings. The maximum Gasteiger partial charge on any atom is 0.0679 e. The summed E-state index contributed by atoms with van der Waals surface area (Å²) in [7, 11) is 1.70. The van der Waals surface area contributed by atoms with Gasteiger partial charge in [-0.2, -0.15) is 0 Å². The molecule has 3 heteroatoms. The number of rotatable bonds is 7. The van der Waals surface area contributed by atoms with E-state index in [0.29, 0.717) is 18.4 Å². The second-order valence-electron chi connectivity index (χ2n) is 4.80. The SMILES string of the molecule is COCC(CO)(NCC(C)C)C1CC1. The van der Waals surface area contributed by atoms with Crippen molar-refractivity contribution in [2.24, 2.45) is 11.8 Å². The van der Waals surface area contributed by atoms with Crippen molar-refractivity contribution in [1.82, 2.24) is 5.32 Å². The van der Waals surface area contributed by atoms with Crippen molar-refractivity contribution in [3.05, 3.63) is 0 Å². The monoisotopic (exact) mass is 201 g/mol. The van der Waals surface area contributed by atoms with E-state index in [2.05, 4.69) is 19.2 Å². The van der Waals surface area contributed by atoms with Gasteiger partial charge in [-0.05, 0) is 31.2 Å². The fourth-order valence-electron chi connectivity index (χ4n) is 1.84. The van der Waals surface area contributed by atoms with Crippen molar-refractivity contribution in [3.63, 3.8) is 0 Å². The quantitative estimate of drug-likeness (QED) is 0.646. The zero-order valence-electron chi connectivity index (χ0n) is 9.55. The molecule has 1 saturated carbocycles. The minimum Gasteiger partial charge on any atom is -0.394 e. The number of aliphatic hydroxyl groups is 1. The molecule has 0 spiro atoms. The van der Waals surface area contributed by atoms with Crippen molar-refractivity contribution < 1.29 is 9.84 Å². The third-order valence-corrected chi connectivity index (χ3v) is 2.91. The number of hydrogen-bond acceptors (Lipinski definition) is 3. The standard InChI is InChI=1S/C11H23NO2/c1-9(2)6-12-11(7-13,8-14-3)10-4-5-10/h9-10,12-13H,4-8H2,1-3H3. The van der Waals surface area contributed by atoms with E-state index in [1.165, 1.54) is 12.8 Å². The lowest BCUT2D eigenvalue weighted by atomic mass is 9.94. The van der Waals surface area contributed by atoms with Gasteiger partial charge in [-0.3, -0.25) is 0 Å². The van der Waals surface area contributed by atoms with Crippen molar-refractivity contribution in [2.75, 3.05) is 26.9 Å². The molecule has 0 aliphatic heterocycles. The third-order valence-electron chi connectivity index (χ3n) is 2.91. The van der Waals surface area contributed by atoms with Crippen LogP contribution in [0.1, 0.15) is 26.7 Å². The minimum absolute atomic E-state index is 0.179. The molecule has 0 bridgehead atoms. The summed E-state index contributed by atoms with van der Waals surface area (Å²) in [5.74, 6) is 1.21. The number of ether oxygens (including phenoxy) is 1. The number of hydrogen-bond donors (Lipinski definition) is 2. The molecular weight excluding hydrogens is 178 g/mol. The van der Waals surface area contributed by atoms with E-state index in [4.69, 9.17) is 4.74 Å². The van der Waals surface area contributed by atoms with Crippen molar-refractivity contribution in [3.8, 4) is 0 Å². The van der Waals surface area contributed by atoms with Gasteiger partial charge in [0.2, 0.25) is 0 Å². The normalized spacial score (nSPS) is 21.2. The van der Waals surface area contributed by atoms with Crippen LogP contribution in [0.2, 0.25) is 0 Å². The van der Waals surface area contributed by atoms with Crippen molar-refractivity contribution in [2.45, 2.75) is 32.2 Å². The minimum atomic E-state index is -0.182. The van der Waals surface area contributed by atoms with Gasteiger partial charge in [-0.25, -0.2) is 0 Å². The summed E-state index contributed by atoms with van der Waals surface area (Å²) >= 11 is 0. The first kappa shape index (κ1) is 12.0. The Morgan fingerprint density at radius 1 is 1.50 bits per heavy atom. The molecule has 0 aromatic heterocycles. The zero-order chi connectivity index (χ0) is 10.6. The van der Waals surface area contributed by atoms with Gasteiger partial charge in [-0.15, -0.1) is 0 Å². The zero-order valence-corrected chi connectivity index (χ0v) is 9.55. The molecule has 1 unspecified atom stereocenters. The second-order valence-corrected chi connectivity index (χ2v) is 4.80. The summed E-state index contributed by atoms with van der Waals surface area (Å²) in [6.07, 6.45) is 2.43. The van der Waals surface area contributed by atoms with Crippen molar-refractivity contribution >= 4 is 0 Å². The predicted molar refractivity (Wildman–Crippen MR) is 57.3 cm³/mol. The molecule has 1 atom stereocenters. The first-order chi connectivity index (χ1) is 6.64. The molecule has 0 aromatic rings. The van der Waals surface area contributed by atoms with Crippen LogP contribution < -0.4 is 5.32 Å². The Balaban J connectivity index is 2.49. The summed E-state index contributed by atoms with van der Waals surface area (Å²) in [6, 6.07) is 0. The lowest BCUT2D eigenvalue weighted by Gasteiger charge is -2.33. The Hall–Kier alpha value is -0.120. The van der Waals surface area contributed by atoms with E-state index in [1.807, 2.05) is 0 Å². The smallest absolute Gasteiger partial charge is 0.0679 e. The maximum absolute atomic E-state index is 9.49. The highest BCUT2D eigenvalue weighted by Crippen LogP contribution is 2.39. The average molecular weight is 201 g/mol. The van der Waals surface area contributed by atoms with Gasteiger partial charge in [0.05, 0.1) is 18.8 Å². The van der Waals surface area contributed by atoms with Gasteiger partial charge in [0.1, 0.15) is 0 Å². The second kappa shape index (κ2) is 5.10. The molecule has 84 valence electrons. The van der Waals surface area contributed by atoms with Crippen LogP contribution in [-0.2, 0) is 4.74 Å². The molecule has 0 heterocycles. The van der Waals surface area contributed by atoms with Gasteiger partial charge >= 0.3 is 0 Å². The molecule has 1 aliphatic carbocycles. The first-order valence-electron chi connectivity index (χ1n) is 5.49. The van der Waals surface area contributed by atoms with Crippen LogP contribution in [0.4, 0.5) is 0 Å². The molecule has 1 fully saturated rings. The Labute approximate surface area is 86.8 Å². The van der Waals surface area contributed by atoms with E-state index < -0.39 is 0 Å². The Morgan fingerprint density at radius 3 is 2.50 bits per heavy atom. The molecule has 0 saturated heterocycles. The van der Waals surface area contributed by atoms with E-state index in [9.17, 15) is 5.11 Å². The van der Waals surface area contributed by atoms with E-state index in [-0.39, 0.29) is 12.1 Å². The highest BCUT2D eigenvalue weighted by Gasteiger charge is 2.44. The molecule has 0 amide bonds. The summed E-state index contributed by atoms with van der Waals surface area (Å²) < 4.78 is 5.21. The van der Waals surface area contributed by atoms with Crippen LogP contribution in [0.5, 0.6) is 0 Å². The molecule has 14 heavy (non-hydrogen) atoms. The first-order valence-corrected chi connectivity index (χ1v) is 5.49. The van der Waals surface area contributed by atoms with E-state index in [0.717, 1.165) is 6.54 Å². The highest BCUT2D eigenvalue weighted by atomic mass is 16.5. The van der Waals surface area contributed by atoms with Gasteiger partial charge in [0, 0.05) is 7.11 Å². The largest absolute Gasteiger partial charge is 0.394 e. The van der Waals surface area contributed by atoms with Crippen LogP contribution >= 0.6 is 0 Å². The molecule has 2 N–H and O–H groups in total. The van der Waals surface area contributed by atoms with E-state index in [1.54, 1.807) is 7.11 Å². The van der Waals surface area contributed by atoms with Crippen LogP contribution in [-0.4, -0.2) is 37.5 Å². The predicted octanol–water partition coefficient (Wildman–Crippen LogP) is 1.02. The fraction of sp³-hybridized carbons (Fsp3) is 1.00. The summed E-state index contributed by atoms with van der Waals surface area (Å²) in [4.78, 5) is 0. The van der Waals surface area contributed by atoms with Crippen molar-refractivity contribution in [1.29, 1.82) is 0 Å². The Morgan fingerprint density at radius 2 is 2.14 bits per heavy atom. The molecule has 0 radical (unpaired) electrons. The molecule has 0 aromatic carbocycles. The molecule has 3 nitrogen and oxygen atoms in total. The van der Waals surface area contributed by atoms with E-state index >= 15 is 0 Å². The van der Waals surface area contributed by atoms with Gasteiger partial charge < -0.3 is 15.2 Å². The van der Waals surface area contributed by atoms with Gasteiger partial charge in [0.15, 0.2) is 0 Å². The van der Waals surface area contributed by atoms with Crippen LogP contribution in [0.25, 0.3) is 0 Å². The van der Waals surface area contributed by atoms with Gasteiger partial charge in [-0.1, -0.05) is 13.8 Å². The lowest BCUT2D eigenvalue weighted by molar-refractivity contribution is 0.0463. The Kier molecular flexibility index (Phi) is 4.35. The van der Waals surface area contributed by atoms with Crippen LogP contribution in [0.15, 0.2) is 0 Å². The lowest BCUT2D eigenvalue weighted by Crippen LogP contribution is -2.55. The summed E-state index contributed by atoms with van der Waals surface area (Å²) in [5, 5.41) is 13.0. The average Bonchev–Trinajstić information content (AvgIpc) is 2.95. The number of nitrogens with one attached hydrogen (secondary N) is 1. The Bertz CT molecular complexity index is 169. The maximum atomic E-state index is 9.49. The molecular formula is C11H23NO2. The summed E-state index contributed by atoms with van der Waals surface area (Å²) in [6.45, 7) is 6.09. The third kappa shape index (κ3) is 2.94. The van der Waals surface area contributed by atoms with Crippen LogP contribution in [0, 0.1) is 11.8 Å². The number of aliphatic hydroxyl groups excluding tert-OH is 1. The van der Waals surface area contributed by atoms with Gasteiger partial charge in [0.25, 0.3) is 0 Å². The highest BCUT2D eigenvalue weighted by molar-refractivity contribution is 5.01. The van der Waals surface area contributed by atoms with Crippen LogP contribution in [0.3, 0.4) is 0 Å². The topological polar surface area (TPSA) is 41.5 Å². The fourth-order valence-corrected chi connectivity index (χ4v) is 1.84. The molecule has 1 rings (SSSR count). The summed E-state index contributed by atoms with van der Waals surface area (Å²) in [5.41, 5.74) is -0.182. The number of methoxy groups -OCH3 is 1.